The fourth-order valence-corrected chi connectivity index (χ4v) is 1.52. The zero-order chi connectivity index (χ0) is 9.80. The largest absolute Gasteiger partial charge is 0.489 e. The van der Waals surface area contributed by atoms with Crippen molar-refractivity contribution >= 4 is 11.6 Å². The molecule has 76 valence electrons. The van der Waals surface area contributed by atoms with Gasteiger partial charge in [0, 0.05) is 6.61 Å². The summed E-state index contributed by atoms with van der Waals surface area (Å²) in [5.74, 6) is 0.741. The van der Waals surface area contributed by atoms with E-state index in [-0.39, 0.29) is 6.10 Å². The predicted octanol–water partition coefficient (Wildman–Crippen LogP) is 2.29. The van der Waals surface area contributed by atoms with Crippen LogP contribution in [0.3, 0.4) is 0 Å². The monoisotopic (exact) mass is 213 g/mol. The molecule has 14 heavy (non-hydrogen) atoms. The zero-order valence-corrected chi connectivity index (χ0v) is 8.54. The Hall–Kier alpha value is -0.800. The van der Waals surface area contributed by atoms with Gasteiger partial charge in [0.05, 0.1) is 12.3 Å². The number of aromatic nitrogens is 1. The molecule has 0 aromatic carbocycles. The Labute approximate surface area is 88.0 Å². The molecule has 0 unspecified atom stereocenters. The summed E-state index contributed by atoms with van der Waals surface area (Å²) in [6.07, 6.45) is 4.08. The molecular weight excluding hydrogens is 202 g/mol. The van der Waals surface area contributed by atoms with Crippen molar-refractivity contribution in [2.24, 2.45) is 0 Å². The van der Waals surface area contributed by atoms with Crippen molar-refractivity contribution in [1.82, 2.24) is 4.98 Å². The van der Waals surface area contributed by atoms with Gasteiger partial charge in [-0.15, -0.1) is 0 Å². The lowest BCUT2D eigenvalue weighted by atomic mass is 10.2. The molecule has 1 aromatic heterocycles. The molecule has 0 spiro atoms. The molecule has 0 bridgehead atoms. The molecule has 0 aliphatic carbocycles. The maximum Gasteiger partial charge on any atom is 0.137 e. The Morgan fingerprint density at radius 2 is 2.50 bits per heavy atom. The van der Waals surface area contributed by atoms with Crippen LogP contribution in [0.2, 0.25) is 5.15 Å². The van der Waals surface area contributed by atoms with Crippen LogP contribution in [0, 0.1) is 0 Å². The normalized spacial score (nSPS) is 21.1. The molecule has 1 aromatic rings. The summed E-state index contributed by atoms with van der Waals surface area (Å²) < 4.78 is 10.9. The van der Waals surface area contributed by atoms with E-state index in [0.29, 0.717) is 11.8 Å². The van der Waals surface area contributed by atoms with E-state index in [1.54, 1.807) is 12.3 Å². The van der Waals surface area contributed by atoms with Gasteiger partial charge < -0.3 is 9.47 Å². The molecule has 4 heteroatoms. The van der Waals surface area contributed by atoms with Crippen LogP contribution in [0.5, 0.6) is 5.75 Å². The summed E-state index contributed by atoms with van der Waals surface area (Å²) in [6.45, 7) is 1.45. The molecule has 1 aliphatic rings. The van der Waals surface area contributed by atoms with E-state index in [0.717, 1.165) is 25.2 Å². The van der Waals surface area contributed by atoms with Gasteiger partial charge in [-0.1, -0.05) is 11.6 Å². The Kier molecular flexibility index (Phi) is 3.22. The first-order chi connectivity index (χ1) is 6.84. The fraction of sp³-hybridized carbons (Fsp3) is 0.500. The van der Waals surface area contributed by atoms with Crippen molar-refractivity contribution < 1.29 is 9.47 Å². The quantitative estimate of drug-likeness (QED) is 0.722. The van der Waals surface area contributed by atoms with Gasteiger partial charge in [-0.2, -0.15) is 0 Å². The molecule has 0 radical (unpaired) electrons. The van der Waals surface area contributed by atoms with E-state index in [4.69, 9.17) is 21.1 Å². The van der Waals surface area contributed by atoms with Crippen LogP contribution in [-0.4, -0.2) is 24.3 Å². The Morgan fingerprint density at radius 1 is 1.57 bits per heavy atom. The van der Waals surface area contributed by atoms with Gasteiger partial charge in [0.25, 0.3) is 0 Å². The summed E-state index contributed by atoms with van der Waals surface area (Å²) in [7, 11) is 0. The number of pyridine rings is 1. The van der Waals surface area contributed by atoms with Crippen LogP contribution < -0.4 is 4.74 Å². The molecule has 3 nitrogen and oxygen atoms in total. The summed E-state index contributed by atoms with van der Waals surface area (Å²) in [6, 6.07) is 3.52. The molecule has 0 amide bonds. The third-order valence-corrected chi connectivity index (χ3v) is 2.38. The third kappa shape index (κ3) is 2.59. The highest BCUT2D eigenvalue weighted by Gasteiger charge is 2.15. The van der Waals surface area contributed by atoms with Gasteiger partial charge in [0.1, 0.15) is 17.5 Å². The zero-order valence-electron chi connectivity index (χ0n) is 7.78. The minimum atomic E-state index is 0.241. The van der Waals surface area contributed by atoms with E-state index < -0.39 is 0 Å². The first-order valence-corrected chi connectivity index (χ1v) is 5.08. The van der Waals surface area contributed by atoms with Crippen molar-refractivity contribution in [3.63, 3.8) is 0 Å². The van der Waals surface area contributed by atoms with E-state index >= 15 is 0 Å². The van der Waals surface area contributed by atoms with Gasteiger partial charge in [-0.05, 0) is 25.0 Å². The van der Waals surface area contributed by atoms with Crippen LogP contribution >= 0.6 is 11.6 Å². The highest BCUT2D eigenvalue weighted by molar-refractivity contribution is 6.29. The summed E-state index contributed by atoms with van der Waals surface area (Å²) in [5.41, 5.74) is 0. The average molecular weight is 214 g/mol. The number of nitrogens with zero attached hydrogens (tertiary/aromatic N) is 1. The van der Waals surface area contributed by atoms with Gasteiger partial charge in [0.15, 0.2) is 0 Å². The van der Waals surface area contributed by atoms with Crippen LogP contribution in [0.4, 0.5) is 0 Å². The second-order valence-corrected chi connectivity index (χ2v) is 3.65. The van der Waals surface area contributed by atoms with E-state index in [1.165, 1.54) is 0 Å². The predicted molar refractivity (Wildman–Crippen MR) is 53.7 cm³/mol. The number of halogens is 1. The van der Waals surface area contributed by atoms with E-state index in [1.807, 2.05) is 6.07 Å². The minimum absolute atomic E-state index is 0.241. The number of rotatable bonds is 3. The van der Waals surface area contributed by atoms with Gasteiger partial charge >= 0.3 is 0 Å². The number of hydrogen-bond acceptors (Lipinski definition) is 3. The third-order valence-electron chi connectivity index (χ3n) is 2.16. The van der Waals surface area contributed by atoms with Crippen molar-refractivity contribution in [2.45, 2.75) is 18.9 Å². The van der Waals surface area contributed by atoms with Crippen LogP contribution in [0.15, 0.2) is 18.3 Å². The van der Waals surface area contributed by atoms with Crippen molar-refractivity contribution in [2.75, 3.05) is 13.2 Å². The number of hydrogen-bond donors (Lipinski definition) is 0. The Morgan fingerprint density at radius 3 is 3.14 bits per heavy atom. The molecule has 0 N–H and O–H groups in total. The lowest BCUT2D eigenvalue weighted by molar-refractivity contribution is 0.0678. The van der Waals surface area contributed by atoms with Gasteiger partial charge in [-0.25, -0.2) is 4.98 Å². The van der Waals surface area contributed by atoms with E-state index in [2.05, 4.69) is 4.98 Å². The van der Waals surface area contributed by atoms with E-state index in [9.17, 15) is 0 Å². The topological polar surface area (TPSA) is 31.4 Å². The summed E-state index contributed by atoms with van der Waals surface area (Å²) >= 11 is 5.65. The van der Waals surface area contributed by atoms with Crippen LogP contribution in [0.1, 0.15) is 12.8 Å². The molecule has 0 saturated carbocycles. The highest BCUT2D eigenvalue weighted by atomic mass is 35.5. The smallest absolute Gasteiger partial charge is 0.137 e. The van der Waals surface area contributed by atoms with Crippen molar-refractivity contribution in [1.29, 1.82) is 0 Å². The van der Waals surface area contributed by atoms with Crippen molar-refractivity contribution in [3.05, 3.63) is 23.5 Å². The second kappa shape index (κ2) is 4.62. The fourth-order valence-electron chi connectivity index (χ4n) is 1.41. The Balaban J connectivity index is 1.82. The van der Waals surface area contributed by atoms with Gasteiger partial charge in [-0.3, -0.25) is 0 Å². The molecule has 1 aliphatic heterocycles. The maximum absolute atomic E-state index is 5.65. The van der Waals surface area contributed by atoms with Gasteiger partial charge in [0.2, 0.25) is 0 Å². The van der Waals surface area contributed by atoms with Crippen LogP contribution in [-0.2, 0) is 4.74 Å². The first-order valence-electron chi connectivity index (χ1n) is 4.70. The minimum Gasteiger partial charge on any atom is -0.489 e. The Bertz CT molecular complexity index is 283. The molecule has 1 fully saturated rings. The second-order valence-electron chi connectivity index (χ2n) is 3.26. The first kappa shape index (κ1) is 9.74. The molecule has 1 saturated heterocycles. The highest BCUT2D eigenvalue weighted by Crippen LogP contribution is 2.16. The molecular formula is C10H12ClNO2. The van der Waals surface area contributed by atoms with Crippen LogP contribution in [0.25, 0.3) is 0 Å². The standard InChI is InChI=1S/C10H12ClNO2/c11-10-4-3-8(6-12-10)14-7-9-2-1-5-13-9/h3-4,6,9H,1-2,5,7H2/t9-/m0/s1. The lowest BCUT2D eigenvalue weighted by Gasteiger charge is -2.10. The number of ether oxygens (including phenoxy) is 2. The molecule has 1 atom stereocenters. The molecule has 2 heterocycles. The summed E-state index contributed by atoms with van der Waals surface area (Å²) in [4.78, 5) is 3.92. The lowest BCUT2D eigenvalue weighted by Crippen LogP contribution is -2.16. The SMILES string of the molecule is Clc1ccc(OC[C@@H]2CCCO2)cn1. The maximum atomic E-state index is 5.65. The summed E-state index contributed by atoms with van der Waals surface area (Å²) in [5, 5.41) is 0.481. The van der Waals surface area contributed by atoms with Crippen molar-refractivity contribution in [3.8, 4) is 5.75 Å². The average Bonchev–Trinajstić information content (AvgIpc) is 2.70. The molecule has 2 rings (SSSR count).